The molecule has 2 atom stereocenters. The van der Waals surface area contributed by atoms with Gasteiger partial charge in [0.05, 0.1) is 32.2 Å². The van der Waals surface area contributed by atoms with Crippen molar-refractivity contribution in [3.63, 3.8) is 0 Å². The number of hydrogen-bond acceptors (Lipinski definition) is 6. The standard InChI is InChI=1S/C26H30N2O6S/c1-18(24-17-23(32-3)15-16-25(24)33-4)27-26(29)19(2)28(35(5,30)31)20-11-13-22(14-12-20)34-21-9-7-6-8-10-21/h6-19H,1-5H3,(H,27,29). The Morgan fingerprint density at radius 1 is 0.857 bits per heavy atom. The van der Waals surface area contributed by atoms with Gasteiger partial charge in [-0.1, -0.05) is 18.2 Å². The van der Waals surface area contributed by atoms with Crippen molar-refractivity contribution in [3.05, 3.63) is 78.4 Å². The summed E-state index contributed by atoms with van der Waals surface area (Å²) in [5.41, 5.74) is 1.06. The van der Waals surface area contributed by atoms with Crippen molar-refractivity contribution >= 4 is 21.6 Å². The fraction of sp³-hybridized carbons (Fsp3) is 0.269. The molecule has 0 saturated carbocycles. The molecular formula is C26H30N2O6S. The topological polar surface area (TPSA) is 94.2 Å². The van der Waals surface area contributed by atoms with Gasteiger partial charge in [0.1, 0.15) is 29.0 Å². The van der Waals surface area contributed by atoms with Crippen LogP contribution in [-0.4, -0.2) is 40.8 Å². The molecule has 0 aromatic heterocycles. The summed E-state index contributed by atoms with van der Waals surface area (Å²) in [7, 11) is -0.678. The molecule has 0 heterocycles. The maximum absolute atomic E-state index is 13.1. The molecule has 0 aliphatic heterocycles. The van der Waals surface area contributed by atoms with E-state index in [9.17, 15) is 13.2 Å². The van der Waals surface area contributed by atoms with E-state index in [1.165, 1.54) is 0 Å². The largest absolute Gasteiger partial charge is 0.497 e. The zero-order valence-corrected chi connectivity index (χ0v) is 21.2. The molecule has 1 amide bonds. The SMILES string of the molecule is COc1ccc(OC)c(C(C)NC(=O)C(C)N(c2ccc(Oc3ccccc3)cc2)S(C)(=O)=O)c1. The first kappa shape index (κ1) is 25.9. The van der Waals surface area contributed by atoms with Crippen LogP contribution in [0.4, 0.5) is 5.69 Å². The molecule has 35 heavy (non-hydrogen) atoms. The van der Waals surface area contributed by atoms with Gasteiger partial charge >= 0.3 is 0 Å². The minimum Gasteiger partial charge on any atom is -0.497 e. The van der Waals surface area contributed by atoms with Gasteiger partial charge in [-0.05, 0) is 68.4 Å². The fourth-order valence-corrected chi connectivity index (χ4v) is 4.86. The van der Waals surface area contributed by atoms with Crippen molar-refractivity contribution < 1.29 is 27.4 Å². The zero-order valence-electron chi connectivity index (χ0n) is 20.4. The normalized spacial score (nSPS) is 12.8. The second-order valence-electron chi connectivity index (χ2n) is 7.98. The van der Waals surface area contributed by atoms with Gasteiger partial charge in [-0.3, -0.25) is 9.10 Å². The molecule has 8 nitrogen and oxygen atoms in total. The average Bonchev–Trinajstić information content (AvgIpc) is 2.84. The molecule has 3 rings (SSSR count). The van der Waals surface area contributed by atoms with Crippen molar-refractivity contribution in [2.24, 2.45) is 0 Å². The van der Waals surface area contributed by atoms with Gasteiger partial charge in [0, 0.05) is 5.56 Å². The third kappa shape index (κ3) is 6.45. The highest BCUT2D eigenvalue weighted by molar-refractivity contribution is 7.92. The van der Waals surface area contributed by atoms with E-state index in [-0.39, 0.29) is 0 Å². The number of anilines is 1. The van der Waals surface area contributed by atoms with Gasteiger partial charge in [0.25, 0.3) is 0 Å². The first-order valence-electron chi connectivity index (χ1n) is 11.0. The Balaban J connectivity index is 1.80. The second-order valence-corrected chi connectivity index (χ2v) is 9.84. The van der Waals surface area contributed by atoms with Crippen LogP contribution in [0, 0.1) is 0 Å². The van der Waals surface area contributed by atoms with Crippen LogP contribution in [0.5, 0.6) is 23.0 Å². The first-order chi connectivity index (χ1) is 16.6. The zero-order chi connectivity index (χ0) is 25.6. The highest BCUT2D eigenvalue weighted by Crippen LogP contribution is 2.30. The summed E-state index contributed by atoms with van der Waals surface area (Å²) in [4.78, 5) is 13.1. The van der Waals surface area contributed by atoms with Crippen LogP contribution >= 0.6 is 0 Å². The number of para-hydroxylation sites is 1. The third-order valence-corrected chi connectivity index (χ3v) is 6.66. The maximum Gasteiger partial charge on any atom is 0.244 e. The maximum atomic E-state index is 13.1. The van der Waals surface area contributed by atoms with Gasteiger partial charge in [-0.25, -0.2) is 8.42 Å². The van der Waals surface area contributed by atoms with E-state index in [0.717, 1.165) is 10.6 Å². The summed E-state index contributed by atoms with van der Waals surface area (Å²) in [6.45, 7) is 3.34. The second kappa shape index (κ2) is 11.1. The van der Waals surface area contributed by atoms with Crippen LogP contribution in [-0.2, 0) is 14.8 Å². The Morgan fingerprint density at radius 3 is 2.03 bits per heavy atom. The molecule has 0 saturated heterocycles. The highest BCUT2D eigenvalue weighted by atomic mass is 32.2. The smallest absolute Gasteiger partial charge is 0.244 e. The molecule has 2 unspecified atom stereocenters. The van der Waals surface area contributed by atoms with Crippen molar-refractivity contribution in [2.75, 3.05) is 24.8 Å². The first-order valence-corrected chi connectivity index (χ1v) is 12.8. The summed E-state index contributed by atoms with van der Waals surface area (Å²) in [6, 6.07) is 19.6. The third-order valence-electron chi connectivity index (χ3n) is 5.42. The van der Waals surface area contributed by atoms with E-state index in [1.54, 1.807) is 70.5 Å². The number of rotatable bonds is 10. The number of carbonyl (C=O) groups is 1. The number of carbonyl (C=O) groups excluding carboxylic acids is 1. The Bertz CT molecular complexity index is 1250. The van der Waals surface area contributed by atoms with Crippen LogP contribution < -0.4 is 23.8 Å². The number of methoxy groups -OCH3 is 2. The summed E-state index contributed by atoms with van der Waals surface area (Å²) in [6.07, 6.45) is 1.07. The van der Waals surface area contributed by atoms with Gasteiger partial charge in [0.2, 0.25) is 15.9 Å². The molecule has 0 bridgehead atoms. The molecule has 0 fully saturated rings. The molecule has 3 aromatic carbocycles. The highest BCUT2D eigenvalue weighted by Gasteiger charge is 2.30. The van der Waals surface area contributed by atoms with Crippen LogP contribution in [0.15, 0.2) is 72.8 Å². The predicted octanol–water partition coefficient (Wildman–Crippen LogP) is 4.53. The number of ether oxygens (including phenoxy) is 3. The quantitative estimate of drug-likeness (QED) is 0.441. The fourth-order valence-electron chi connectivity index (χ4n) is 3.68. The van der Waals surface area contributed by atoms with E-state index in [2.05, 4.69) is 5.32 Å². The number of amides is 1. The van der Waals surface area contributed by atoms with Crippen molar-refractivity contribution in [3.8, 4) is 23.0 Å². The number of sulfonamides is 1. The number of benzene rings is 3. The van der Waals surface area contributed by atoms with E-state index in [1.807, 2.05) is 30.3 Å². The lowest BCUT2D eigenvalue weighted by Crippen LogP contribution is -2.48. The molecule has 0 radical (unpaired) electrons. The lowest BCUT2D eigenvalue weighted by atomic mass is 10.1. The molecule has 3 aromatic rings. The Kier molecular flexibility index (Phi) is 8.24. The summed E-state index contributed by atoms with van der Waals surface area (Å²) >= 11 is 0. The van der Waals surface area contributed by atoms with Gasteiger partial charge < -0.3 is 19.5 Å². The summed E-state index contributed by atoms with van der Waals surface area (Å²) in [5, 5.41) is 2.88. The van der Waals surface area contributed by atoms with Crippen LogP contribution in [0.2, 0.25) is 0 Å². The molecule has 0 spiro atoms. The number of nitrogens with one attached hydrogen (secondary N) is 1. The molecule has 1 N–H and O–H groups in total. The van der Waals surface area contributed by atoms with Gasteiger partial charge in [-0.2, -0.15) is 0 Å². The van der Waals surface area contributed by atoms with E-state index < -0.39 is 28.0 Å². The van der Waals surface area contributed by atoms with Crippen LogP contribution in [0.25, 0.3) is 0 Å². The molecule has 9 heteroatoms. The van der Waals surface area contributed by atoms with Crippen LogP contribution in [0.1, 0.15) is 25.5 Å². The monoisotopic (exact) mass is 498 g/mol. The minimum absolute atomic E-state index is 0.349. The van der Waals surface area contributed by atoms with E-state index in [4.69, 9.17) is 14.2 Å². The number of nitrogens with zero attached hydrogens (tertiary/aromatic N) is 1. The lowest BCUT2D eigenvalue weighted by molar-refractivity contribution is -0.122. The van der Waals surface area contributed by atoms with E-state index >= 15 is 0 Å². The van der Waals surface area contributed by atoms with Crippen molar-refractivity contribution in [1.82, 2.24) is 5.32 Å². The Morgan fingerprint density at radius 2 is 1.46 bits per heavy atom. The molecule has 0 aliphatic carbocycles. The van der Waals surface area contributed by atoms with Gasteiger partial charge in [0.15, 0.2) is 0 Å². The van der Waals surface area contributed by atoms with Crippen molar-refractivity contribution in [1.29, 1.82) is 0 Å². The molecular weight excluding hydrogens is 468 g/mol. The van der Waals surface area contributed by atoms with Crippen molar-refractivity contribution in [2.45, 2.75) is 25.9 Å². The average molecular weight is 499 g/mol. The van der Waals surface area contributed by atoms with E-state index in [0.29, 0.717) is 34.2 Å². The summed E-state index contributed by atoms with van der Waals surface area (Å²) in [5.74, 6) is 1.95. The number of hydrogen-bond donors (Lipinski definition) is 1. The van der Waals surface area contributed by atoms with Crippen LogP contribution in [0.3, 0.4) is 0 Å². The molecule has 0 aliphatic rings. The molecule has 186 valence electrons. The minimum atomic E-state index is -3.77. The predicted molar refractivity (Wildman–Crippen MR) is 136 cm³/mol. The summed E-state index contributed by atoms with van der Waals surface area (Å²) < 4.78 is 42.9. The lowest BCUT2D eigenvalue weighted by Gasteiger charge is -2.29. The van der Waals surface area contributed by atoms with Gasteiger partial charge in [-0.15, -0.1) is 0 Å². The Hall–Kier alpha value is -3.72. The Labute approximate surface area is 206 Å².